The molecule has 1 atom stereocenters. The van der Waals surface area contributed by atoms with Gasteiger partial charge in [0.2, 0.25) is 0 Å². The highest BCUT2D eigenvalue weighted by Gasteiger charge is 2.46. The lowest BCUT2D eigenvalue weighted by Crippen LogP contribution is -2.29. The van der Waals surface area contributed by atoms with E-state index in [1.807, 2.05) is 13.8 Å². The number of ether oxygens (including phenoxy) is 2. The highest BCUT2D eigenvalue weighted by atomic mass is 16.5. The minimum atomic E-state index is -0.872. The molecule has 1 amide bonds. The summed E-state index contributed by atoms with van der Waals surface area (Å²) in [5.74, 6) is -1.70. The average molecular weight is 487 g/mol. The van der Waals surface area contributed by atoms with Gasteiger partial charge >= 0.3 is 5.97 Å². The predicted molar refractivity (Wildman–Crippen MR) is 132 cm³/mol. The lowest BCUT2D eigenvalue weighted by Gasteiger charge is -2.25. The number of esters is 1. The summed E-state index contributed by atoms with van der Waals surface area (Å²) in [6, 6.07) is 15.7. The van der Waals surface area contributed by atoms with Crippen LogP contribution in [-0.4, -0.2) is 45.9 Å². The average Bonchev–Trinajstić information content (AvgIpc) is 3.13. The van der Waals surface area contributed by atoms with E-state index in [1.54, 1.807) is 73.1 Å². The number of Topliss-reactive ketones (excluding diaryl/α,β-unsaturated/α-hetero) is 1. The van der Waals surface area contributed by atoms with Crippen LogP contribution in [0.4, 0.5) is 0 Å². The maximum Gasteiger partial charge on any atom is 0.337 e. The van der Waals surface area contributed by atoms with Gasteiger partial charge in [-0.05, 0) is 67.4 Å². The molecule has 1 unspecified atom stereocenters. The van der Waals surface area contributed by atoms with E-state index in [0.717, 1.165) is 5.56 Å². The second-order valence-electron chi connectivity index (χ2n) is 8.59. The van der Waals surface area contributed by atoms with Gasteiger partial charge < -0.3 is 19.5 Å². The summed E-state index contributed by atoms with van der Waals surface area (Å²) < 4.78 is 10.4. The standard InChI is InChI=1S/C28H26N2O6/c1-17(2)36-22-12-10-20(11-13-22)25(31)23-24(19-6-8-21(9-7-19)28(34)35-3)30(27(33)26(23)32)16-18-5-4-14-29-15-18/h4-15,17,24,31H,16H2,1-3H3/b25-23+. The first kappa shape index (κ1) is 24.7. The number of rotatable bonds is 7. The number of nitrogens with zero attached hydrogens (tertiary/aromatic N) is 2. The number of methoxy groups -OCH3 is 1. The first-order valence-electron chi connectivity index (χ1n) is 11.4. The third-order valence-corrected chi connectivity index (χ3v) is 5.76. The van der Waals surface area contributed by atoms with Gasteiger partial charge in [-0.2, -0.15) is 0 Å². The van der Waals surface area contributed by atoms with Gasteiger partial charge in [0.25, 0.3) is 11.7 Å². The van der Waals surface area contributed by atoms with Gasteiger partial charge in [0.15, 0.2) is 0 Å². The van der Waals surface area contributed by atoms with E-state index in [9.17, 15) is 19.5 Å². The number of benzene rings is 2. The van der Waals surface area contributed by atoms with Crippen LogP contribution < -0.4 is 4.74 Å². The number of likely N-dealkylation sites (tertiary alicyclic amines) is 1. The van der Waals surface area contributed by atoms with Gasteiger partial charge in [-0.1, -0.05) is 18.2 Å². The maximum absolute atomic E-state index is 13.2. The number of ketones is 1. The highest BCUT2D eigenvalue weighted by Crippen LogP contribution is 2.40. The Balaban J connectivity index is 1.80. The molecule has 0 aliphatic carbocycles. The molecule has 3 aromatic rings. The van der Waals surface area contributed by atoms with Crippen molar-refractivity contribution in [3.05, 3.63) is 101 Å². The van der Waals surface area contributed by atoms with Crippen LogP contribution in [0.5, 0.6) is 5.75 Å². The van der Waals surface area contributed by atoms with Gasteiger partial charge in [0.05, 0.1) is 30.4 Å². The molecule has 0 radical (unpaired) electrons. The fraction of sp³-hybridized carbons (Fsp3) is 0.214. The highest BCUT2D eigenvalue weighted by molar-refractivity contribution is 6.46. The molecule has 1 saturated heterocycles. The van der Waals surface area contributed by atoms with E-state index in [4.69, 9.17) is 9.47 Å². The quantitative estimate of drug-likeness (QED) is 0.230. The Morgan fingerprint density at radius 1 is 1.03 bits per heavy atom. The number of hydrogen-bond acceptors (Lipinski definition) is 7. The van der Waals surface area contributed by atoms with Gasteiger partial charge in [-0.15, -0.1) is 0 Å². The monoisotopic (exact) mass is 486 g/mol. The van der Waals surface area contributed by atoms with Gasteiger partial charge in [0.1, 0.15) is 11.5 Å². The fourth-order valence-corrected chi connectivity index (χ4v) is 4.12. The number of aromatic nitrogens is 1. The number of hydrogen-bond donors (Lipinski definition) is 1. The lowest BCUT2D eigenvalue weighted by atomic mass is 9.94. The van der Waals surface area contributed by atoms with Crippen molar-refractivity contribution in [3.63, 3.8) is 0 Å². The van der Waals surface area contributed by atoms with Crippen LogP contribution in [0.2, 0.25) is 0 Å². The van der Waals surface area contributed by atoms with Crippen molar-refractivity contribution in [1.29, 1.82) is 0 Å². The van der Waals surface area contributed by atoms with Crippen LogP contribution >= 0.6 is 0 Å². The Bertz CT molecular complexity index is 1300. The smallest absolute Gasteiger partial charge is 0.337 e. The molecule has 36 heavy (non-hydrogen) atoms. The number of pyridine rings is 1. The molecule has 0 spiro atoms. The zero-order valence-electron chi connectivity index (χ0n) is 20.2. The summed E-state index contributed by atoms with van der Waals surface area (Å²) in [7, 11) is 1.29. The molecule has 1 fully saturated rings. The first-order valence-corrected chi connectivity index (χ1v) is 11.4. The minimum absolute atomic E-state index is 0.0183. The Labute approximate surface area is 208 Å². The molecule has 8 nitrogen and oxygen atoms in total. The second-order valence-corrected chi connectivity index (χ2v) is 8.59. The van der Waals surface area contributed by atoms with E-state index in [2.05, 4.69) is 4.98 Å². The Kier molecular flexibility index (Phi) is 7.15. The van der Waals surface area contributed by atoms with E-state index in [0.29, 0.717) is 22.4 Å². The van der Waals surface area contributed by atoms with Crippen LogP contribution in [0, 0.1) is 0 Å². The van der Waals surface area contributed by atoms with Crippen LogP contribution in [0.1, 0.15) is 46.9 Å². The topological polar surface area (TPSA) is 106 Å². The molecule has 1 aliphatic rings. The molecule has 0 saturated carbocycles. The van der Waals surface area contributed by atoms with E-state index >= 15 is 0 Å². The minimum Gasteiger partial charge on any atom is -0.507 e. The molecular weight excluding hydrogens is 460 g/mol. The molecule has 184 valence electrons. The summed E-state index contributed by atoms with van der Waals surface area (Å²) in [5, 5.41) is 11.2. The Hall–Kier alpha value is -4.46. The number of aliphatic hydroxyl groups is 1. The Morgan fingerprint density at radius 2 is 1.69 bits per heavy atom. The molecule has 2 heterocycles. The molecule has 0 bridgehead atoms. The molecule has 8 heteroatoms. The zero-order valence-corrected chi connectivity index (χ0v) is 20.2. The van der Waals surface area contributed by atoms with Crippen LogP contribution in [0.3, 0.4) is 0 Å². The number of amides is 1. The third-order valence-electron chi connectivity index (χ3n) is 5.76. The van der Waals surface area contributed by atoms with Gasteiger partial charge in [-0.25, -0.2) is 4.79 Å². The number of aliphatic hydroxyl groups excluding tert-OH is 1. The van der Waals surface area contributed by atoms with Crippen LogP contribution in [-0.2, 0) is 20.9 Å². The summed E-state index contributed by atoms with van der Waals surface area (Å²) in [5.41, 5.74) is 1.96. The van der Waals surface area contributed by atoms with E-state index in [-0.39, 0.29) is 24.0 Å². The molecule has 1 N–H and O–H groups in total. The number of carbonyl (C=O) groups is 3. The molecule has 2 aromatic carbocycles. The molecular formula is C28H26N2O6. The molecule has 1 aliphatic heterocycles. The van der Waals surface area contributed by atoms with Crippen LogP contribution in [0.25, 0.3) is 5.76 Å². The second kappa shape index (κ2) is 10.4. The van der Waals surface area contributed by atoms with Crippen molar-refractivity contribution >= 4 is 23.4 Å². The van der Waals surface area contributed by atoms with Crippen LogP contribution in [0.15, 0.2) is 78.6 Å². The summed E-state index contributed by atoms with van der Waals surface area (Å²) >= 11 is 0. The van der Waals surface area contributed by atoms with E-state index < -0.39 is 23.7 Å². The van der Waals surface area contributed by atoms with Crippen molar-refractivity contribution in [1.82, 2.24) is 9.88 Å². The molecule has 1 aromatic heterocycles. The normalized spacial score (nSPS) is 16.9. The summed E-state index contributed by atoms with van der Waals surface area (Å²) in [4.78, 5) is 43.8. The van der Waals surface area contributed by atoms with Gasteiger partial charge in [0, 0.05) is 24.5 Å². The largest absolute Gasteiger partial charge is 0.507 e. The van der Waals surface area contributed by atoms with Crippen molar-refractivity contribution in [2.45, 2.75) is 32.5 Å². The van der Waals surface area contributed by atoms with Crippen molar-refractivity contribution in [3.8, 4) is 5.75 Å². The number of carbonyl (C=O) groups excluding carboxylic acids is 3. The first-order chi connectivity index (χ1) is 17.3. The van der Waals surface area contributed by atoms with Crippen molar-refractivity contribution in [2.24, 2.45) is 0 Å². The van der Waals surface area contributed by atoms with Crippen molar-refractivity contribution in [2.75, 3.05) is 7.11 Å². The van der Waals surface area contributed by atoms with E-state index in [1.165, 1.54) is 12.0 Å². The fourth-order valence-electron chi connectivity index (χ4n) is 4.12. The summed E-state index contributed by atoms with van der Waals surface area (Å²) in [6.45, 7) is 3.92. The zero-order chi connectivity index (χ0) is 25.8. The van der Waals surface area contributed by atoms with Gasteiger partial charge in [-0.3, -0.25) is 14.6 Å². The maximum atomic E-state index is 13.2. The lowest BCUT2D eigenvalue weighted by molar-refractivity contribution is -0.140. The molecule has 4 rings (SSSR count). The Morgan fingerprint density at radius 3 is 2.28 bits per heavy atom. The summed E-state index contributed by atoms with van der Waals surface area (Å²) in [6.07, 6.45) is 3.22. The third kappa shape index (κ3) is 4.98. The SMILES string of the molecule is COC(=O)c1ccc(C2/C(=C(\O)c3ccc(OC(C)C)cc3)C(=O)C(=O)N2Cc2cccnc2)cc1. The van der Waals surface area contributed by atoms with Crippen molar-refractivity contribution < 1.29 is 29.0 Å². The predicted octanol–water partition coefficient (Wildman–Crippen LogP) is 4.28.